The average molecular weight is 182 g/mol. The van der Waals surface area contributed by atoms with Crippen LogP contribution in [0.5, 0.6) is 0 Å². The first-order valence-corrected chi connectivity index (χ1v) is 4.86. The fourth-order valence-corrected chi connectivity index (χ4v) is 3.08. The fraction of sp³-hybridized carbons (Fsp3) is 0.444. The van der Waals surface area contributed by atoms with Crippen LogP contribution in [0, 0.1) is 6.92 Å². The third kappa shape index (κ3) is 0.966. The molecular weight excluding hydrogens is 172 g/mol. The number of carboxylic acids is 1. The lowest BCUT2D eigenvalue weighted by Crippen LogP contribution is -1.99. The fourth-order valence-electron chi connectivity index (χ4n) is 1.82. The first-order chi connectivity index (χ1) is 5.70. The molecule has 1 aliphatic carbocycles. The zero-order chi connectivity index (χ0) is 8.72. The van der Waals surface area contributed by atoms with Gasteiger partial charge in [0.2, 0.25) is 0 Å². The van der Waals surface area contributed by atoms with Gasteiger partial charge in [0, 0.05) is 9.75 Å². The van der Waals surface area contributed by atoms with E-state index >= 15 is 0 Å². The van der Waals surface area contributed by atoms with Crippen LogP contribution in [0.4, 0.5) is 0 Å². The lowest BCUT2D eigenvalue weighted by molar-refractivity contribution is 0.0695. The van der Waals surface area contributed by atoms with Crippen molar-refractivity contribution in [2.24, 2.45) is 0 Å². The third-order valence-corrected chi connectivity index (χ3v) is 3.52. The summed E-state index contributed by atoms with van der Waals surface area (Å²) in [5.74, 6) is -0.757. The molecule has 0 spiro atoms. The van der Waals surface area contributed by atoms with Gasteiger partial charge in [-0.2, -0.15) is 0 Å². The molecule has 0 radical (unpaired) electrons. The minimum absolute atomic E-state index is 0.576. The monoisotopic (exact) mass is 182 g/mol. The average Bonchev–Trinajstić information content (AvgIpc) is 2.44. The molecule has 0 saturated carbocycles. The number of hydrogen-bond donors (Lipinski definition) is 1. The van der Waals surface area contributed by atoms with Crippen molar-refractivity contribution in [2.45, 2.75) is 26.2 Å². The molecular formula is C9H10O2S. The zero-order valence-electron chi connectivity index (χ0n) is 6.89. The molecule has 0 unspecified atom stereocenters. The van der Waals surface area contributed by atoms with E-state index < -0.39 is 5.97 Å². The van der Waals surface area contributed by atoms with Crippen LogP contribution in [0.1, 0.15) is 32.1 Å². The lowest BCUT2D eigenvalue weighted by Gasteiger charge is -1.94. The number of fused-ring (bicyclic) bond motifs is 1. The van der Waals surface area contributed by atoms with Crippen LogP contribution in [0.2, 0.25) is 0 Å². The second kappa shape index (κ2) is 2.59. The van der Waals surface area contributed by atoms with Crippen molar-refractivity contribution >= 4 is 17.3 Å². The second-order valence-corrected chi connectivity index (χ2v) is 4.40. The van der Waals surface area contributed by atoms with E-state index in [2.05, 4.69) is 0 Å². The summed E-state index contributed by atoms with van der Waals surface area (Å²) in [6.07, 6.45) is 3.16. The van der Waals surface area contributed by atoms with Crippen molar-refractivity contribution in [1.29, 1.82) is 0 Å². The van der Waals surface area contributed by atoms with Gasteiger partial charge in [-0.15, -0.1) is 11.3 Å². The highest BCUT2D eigenvalue weighted by Gasteiger charge is 2.23. The smallest absolute Gasteiger partial charge is 0.337 e. The molecule has 64 valence electrons. The van der Waals surface area contributed by atoms with Gasteiger partial charge in [0.15, 0.2) is 0 Å². The van der Waals surface area contributed by atoms with Gasteiger partial charge in [-0.1, -0.05) is 0 Å². The Labute approximate surface area is 74.8 Å². The van der Waals surface area contributed by atoms with E-state index in [1.165, 1.54) is 4.88 Å². The zero-order valence-corrected chi connectivity index (χ0v) is 7.70. The molecule has 0 fully saturated rings. The number of aromatic carboxylic acids is 1. The Bertz CT molecular complexity index is 339. The van der Waals surface area contributed by atoms with Crippen LogP contribution in [0.25, 0.3) is 0 Å². The molecule has 0 aromatic carbocycles. The normalized spacial score (nSPS) is 14.8. The summed E-state index contributed by atoms with van der Waals surface area (Å²) in [6.45, 7) is 1.90. The molecule has 12 heavy (non-hydrogen) atoms. The summed E-state index contributed by atoms with van der Waals surface area (Å²) in [7, 11) is 0. The molecule has 1 aliphatic rings. The lowest BCUT2D eigenvalue weighted by atomic mass is 10.1. The molecule has 3 heteroatoms. The van der Waals surface area contributed by atoms with Crippen molar-refractivity contribution in [1.82, 2.24) is 0 Å². The van der Waals surface area contributed by atoms with Gasteiger partial charge >= 0.3 is 5.97 Å². The van der Waals surface area contributed by atoms with Gasteiger partial charge in [-0.3, -0.25) is 0 Å². The van der Waals surface area contributed by atoms with Crippen molar-refractivity contribution in [3.05, 3.63) is 20.9 Å². The summed E-state index contributed by atoms with van der Waals surface area (Å²) in [5.41, 5.74) is 1.68. The number of thiophene rings is 1. The quantitative estimate of drug-likeness (QED) is 0.723. The molecule has 1 aromatic heterocycles. The summed E-state index contributed by atoms with van der Waals surface area (Å²) in [5, 5.41) is 8.93. The number of aryl methyl sites for hydroxylation is 2. The first-order valence-electron chi connectivity index (χ1n) is 4.04. The van der Waals surface area contributed by atoms with Crippen LogP contribution in [0.15, 0.2) is 0 Å². The third-order valence-electron chi connectivity index (χ3n) is 2.31. The Morgan fingerprint density at radius 1 is 1.50 bits per heavy atom. The Hall–Kier alpha value is -0.830. The Balaban J connectivity index is 2.59. The molecule has 0 aliphatic heterocycles. The first kappa shape index (κ1) is 7.80. The number of carbonyl (C=O) groups is 1. The highest BCUT2D eigenvalue weighted by molar-refractivity contribution is 7.12. The maximum Gasteiger partial charge on any atom is 0.337 e. The molecule has 1 N–H and O–H groups in total. The van der Waals surface area contributed by atoms with Crippen molar-refractivity contribution in [2.75, 3.05) is 0 Å². The number of carboxylic acid groups (broad SMARTS) is 1. The summed E-state index contributed by atoms with van der Waals surface area (Å²) >= 11 is 1.65. The van der Waals surface area contributed by atoms with E-state index in [4.69, 9.17) is 5.11 Å². The standard InChI is InChI=1S/C9H10O2S/c1-5-8(9(10)11)6-3-2-4-7(6)12-5/h2-4H2,1H3,(H,10,11). The molecule has 0 atom stereocenters. The Kier molecular flexibility index (Phi) is 1.68. The van der Waals surface area contributed by atoms with E-state index in [-0.39, 0.29) is 0 Å². The molecule has 2 rings (SSSR count). The van der Waals surface area contributed by atoms with Crippen molar-refractivity contribution in [3.8, 4) is 0 Å². The molecule has 0 saturated heterocycles. The van der Waals surface area contributed by atoms with Crippen LogP contribution in [-0.4, -0.2) is 11.1 Å². The van der Waals surface area contributed by atoms with Crippen molar-refractivity contribution in [3.63, 3.8) is 0 Å². The number of hydrogen-bond acceptors (Lipinski definition) is 2. The van der Waals surface area contributed by atoms with Gasteiger partial charge in [-0.25, -0.2) is 4.79 Å². The highest BCUT2D eigenvalue weighted by Crippen LogP contribution is 2.34. The van der Waals surface area contributed by atoms with Crippen molar-refractivity contribution < 1.29 is 9.90 Å². The minimum Gasteiger partial charge on any atom is -0.478 e. The van der Waals surface area contributed by atoms with E-state index in [1.54, 1.807) is 11.3 Å². The van der Waals surface area contributed by atoms with E-state index in [1.807, 2.05) is 6.92 Å². The maximum absolute atomic E-state index is 10.8. The van der Waals surface area contributed by atoms with Crippen LogP contribution >= 0.6 is 11.3 Å². The van der Waals surface area contributed by atoms with Gasteiger partial charge < -0.3 is 5.11 Å². The summed E-state index contributed by atoms with van der Waals surface area (Å²) in [4.78, 5) is 13.1. The van der Waals surface area contributed by atoms with Gasteiger partial charge in [0.25, 0.3) is 0 Å². The molecule has 1 aromatic rings. The summed E-state index contributed by atoms with van der Waals surface area (Å²) in [6, 6.07) is 0. The predicted octanol–water partition coefficient (Wildman–Crippen LogP) is 2.24. The van der Waals surface area contributed by atoms with Crippen LogP contribution in [-0.2, 0) is 12.8 Å². The minimum atomic E-state index is -0.757. The molecule has 2 nitrogen and oxygen atoms in total. The van der Waals surface area contributed by atoms with Gasteiger partial charge in [0.1, 0.15) is 0 Å². The summed E-state index contributed by atoms with van der Waals surface area (Å²) < 4.78 is 0. The Morgan fingerprint density at radius 3 is 2.92 bits per heavy atom. The largest absolute Gasteiger partial charge is 0.478 e. The van der Waals surface area contributed by atoms with E-state index in [0.717, 1.165) is 29.7 Å². The predicted molar refractivity (Wildman–Crippen MR) is 48.0 cm³/mol. The maximum atomic E-state index is 10.8. The second-order valence-electron chi connectivity index (χ2n) is 3.09. The molecule has 0 amide bonds. The van der Waals surface area contributed by atoms with Gasteiger partial charge in [0.05, 0.1) is 5.56 Å². The molecule has 0 bridgehead atoms. The SMILES string of the molecule is Cc1sc2c(c1C(=O)O)CCC2. The topological polar surface area (TPSA) is 37.3 Å². The number of rotatable bonds is 1. The van der Waals surface area contributed by atoms with Crippen LogP contribution in [0.3, 0.4) is 0 Å². The molecule has 1 heterocycles. The Morgan fingerprint density at radius 2 is 2.25 bits per heavy atom. The van der Waals surface area contributed by atoms with Crippen LogP contribution < -0.4 is 0 Å². The van der Waals surface area contributed by atoms with E-state index in [9.17, 15) is 4.79 Å². The highest BCUT2D eigenvalue weighted by atomic mass is 32.1. The van der Waals surface area contributed by atoms with E-state index in [0.29, 0.717) is 5.56 Å². The van der Waals surface area contributed by atoms with Gasteiger partial charge in [-0.05, 0) is 31.7 Å².